The fraction of sp³-hybridized carbons (Fsp3) is 0.0769. The van der Waals surface area contributed by atoms with Crippen molar-refractivity contribution in [2.24, 2.45) is 0 Å². The Morgan fingerprint density at radius 1 is 1.21 bits per heavy atom. The molecule has 0 saturated carbocycles. The molecule has 1 aromatic heterocycles. The Balaban J connectivity index is 2.09. The van der Waals surface area contributed by atoms with E-state index in [1.165, 1.54) is 0 Å². The number of aliphatic carboxylic acids is 1. The van der Waals surface area contributed by atoms with Crippen molar-refractivity contribution in [3.8, 4) is 0 Å². The van der Waals surface area contributed by atoms with Crippen LogP contribution in [0.2, 0.25) is 5.02 Å². The van der Waals surface area contributed by atoms with Crippen LogP contribution in [0.5, 0.6) is 0 Å². The number of carboxylic acid groups (broad SMARTS) is 1. The largest absolute Gasteiger partial charge is 0.481 e. The van der Waals surface area contributed by atoms with E-state index >= 15 is 0 Å². The van der Waals surface area contributed by atoms with Crippen molar-refractivity contribution in [1.29, 1.82) is 0 Å². The van der Waals surface area contributed by atoms with Gasteiger partial charge in [0.05, 0.1) is 17.0 Å². The van der Waals surface area contributed by atoms with Crippen LogP contribution in [0.3, 0.4) is 0 Å². The van der Waals surface area contributed by atoms with Gasteiger partial charge in [0.1, 0.15) is 5.82 Å². The van der Waals surface area contributed by atoms with E-state index < -0.39 is 5.97 Å². The summed E-state index contributed by atoms with van der Waals surface area (Å²) in [5.41, 5.74) is 0.875. The molecular formula is C13H11ClN2O3. The molecule has 6 heteroatoms. The fourth-order valence-corrected chi connectivity index (χ4v) is 1.84. The molecule has 2 rings (SSSR count). The summed E-state index contributed by atoms with van der Waals surface area (Å²) in [6.07, 6.45) is -0.123. The number of hydrogen-bond acceptors (Lipinski definition) is 2. The summed E-state index contributed by atoms with van der Waals surface area (Å²) in [5, 5.41) is 11.6. The molecule has 0 aliphatic carbocycles. The molecule has 5 nitrogen and oxygen atoms in total. The quantitative estimate of drug-likeness (QED) is 0.804. The number of anilines is 1. The van der Waals surface area contributed by atoms with E-state index in [0.717, 1.165) is 0 Å². The van der Waals surface area contributed by atoms with Crippen LogP contribution in [0, 0.1) is 0 Å². The van der Waals surface area contributed by atoms with Gasteiger partial charge in [0.15, 0.2) is 0 Å². The van der Waals surface area contributed by atoms with Crippen molar-refractivity contribution < 1.29 is 14.7 Å². The van der Waals surface area contributed by atoms with Gasteiger partial charge in [0.2, 0.25) is 0 Å². The number of H-pyrrole nitrogens is 1. The monoisotopic (exact) mass is 278 g/mol. The lowest BCUT2D eigenvalue weighted by atomic mass is 10.2. The van der Waals surface area contributed by atoms with Crippen molar-refractivity contribution in [2.75, 3.05) is 5.32 Å². The minimum absolute atomic E-state index is 0.123. The number of benzene rings is 1. The van der Waals surface area contributed by atoms with Crippen molar-refractivity contribution in [2.45, 2.75) is 6.42 Å². The molecule has 0 unspecified atom stereocenters. The highest BCUT2D eigenvalue weighted by Crippen LogP contribution is 2.17. The lowest BCUT2D eigenvalue weighted by Gasteiger charge is -2.04. The first-order valence-corrected chi connectivity index (χ1v) is 5.89. The van der Waals surface area contributed by atoms with Crippen LogP contribution in [0.15, 0.2) is 36.4 Å². The van der Waals surface area contributed by atoms with Gasteiger partial charge in [-0.25, -0.2) is 0 Å². The van der Waals surface area contributed by atoms with Crippen molar-refractivity contribution >= 4 is 29.3 Å². The number of aromatic nitrogens is 1. The summed E-state index contributed by atoms with van der Waals surface area (Å²) in [7, 11) is 0. The van der Waals surface area contributed by atoms with E-state index in [0.29, 0.717) is 22.1 Å². The zero-order valence-corrected chi connectivity index (χ0v) is 10.6. The Labute approximate surface area is 114 Å². The normalized spacial score (nSPS) is 10.2. The first-order chi connectivity index (χ1) is 9.06. The van der Waals surface area contributed by atoms with Gasteiger partial charge in [-0.1, -0.05) is 23.7 Å². The molecule has 3 N–H and O–H groups in total. The Morgan fingerprint density at radius 2 is 1.95 bits per heavy atom. The average molecular weight is 279 g/mol. The maximum atomic E-state index is 11.9. The molecule has 1 heterocycles. The molecule has 19 heavy (non-hydrogen) atoms. The van der Waals surface area contributed by atoms with Gasteiger partial charge >= 0.3 is 5.97 Å². The highest BCUT2D eigenvalue weighted by Gasteiger charge is 2.11. The topological polar surface area (TPSA) is 82.2 Å². The molecule has 1 amide bonds. The van der Waals surface area contributed by atoms with Crippen molar-refractivity contribution in [3.63, 3.8) is 0 Å². The minimum Gasteiger partial charge on any atom is -0.481 e. The SMILES string of the molecule is O=C(O)Cc1ccc(NC(=O)c2ccccc2Cl)[nH]1. The van der Waals surface area contributed by atoms with Crippen LogP contribution >= 0.6 is 11.6 Å². The number of hydrogen-bond donors (Lipinski definition) is 3. The van der Waals surface area contributed by atoms with E-state index in [2.05, 4.69) is 10.3 Å². The Bertz CT molecular complexity index is 622. The second-order valence-corrected chi connectivity index (χ2v) is 4.31. The van der Waals surface area contributed by atoms with E-state index in [4.69, 9.17) is 16.7 Å². The summed E-state index contributed by atoms with van der Waals surface area (Å²) in [4.78, 5) is 25.3. The first-order valence-electron chi connectivity index (χ1n) is 5.52. The molecule has 0 aliphatic heterocycles. The van der Waals surface area contributed by atoms with Gasteiger partial charge in [0.25, 0.3) is 5.91 Å². The number of carboxylic acids is 1. The number of nitrogens with one attached hydrogen (secondary N) is 2. The second kappa shape index (κ2) is 5.58. The molecule has 1 aromatic carbocycles. The van der Waals surface area contributed by atoms with Gasteiger partial charge in [-0.3, -0.25) is 9.59 Å². The van der Waals surface area contributed by atoms with Crippen molar-refractivity contribution in [3.05, 3.63) is 52.7 Å². The third kappa shape index (κ3) is 3.35. The maximum absolute atomic E-state index is 11.9. The summed E-state index contributed by atoms with van der Waals surface area (Å²) in [6, 6.07) is 9.90. The standard InChI is InChI=1S/C13H11ClN2O3/c14-10-4-2-1-3-9(10)13(19)16-11-6-5-8(15-11)7-12(17)18/h1-6,15H,7H2,(H,16,19)(H,17,18). The number of aromatic amines is 1. The second-order valence-electron chi connectivity index (χ2n) is 3.90. The van der Waals surface area contributed by atoms with Crippen LogP contribution < -0.4 is 5.32 Å². The molecule has 2 aromatic rings. The molecular weight excluding hydrogens is 268 g/mol. The van der Waals surface area contributed by atoms with E-state index in [9.17, 15) is 9.59 Å². The summed E-state index contributed by atoms with van der Waals surface area (Å²) >= 11 is 5.91. The van der Waals surface area contributed by atoms with Crippen LogP contribution in [0.4, 0.5) is 5.82 Å². The van der Waals surface area contributed by atoms with Crippen LogP contribution in [-0.4, -0.2) is 22.0 Å². The molecule has 0 atom stereocenters. The lowest BCUT2D eigenvalue weighted by Crippen LogP contribution is -2.12. The highest BCUT2D eigenvalue weighted by atomic mass is 35.5. The third-order valence-corrected chi connectivity index (χ3v) is 2.78. The highest BCUT2D eigenvalue weighted by molar-refractivity contribution is 6.34. The van der Waals surface area contributed by atoms with Gasteiger partial charge in [0, 0.05) is 5.69 Å². The Hall–Kier alpha value is -2.27. The van der Waals surface area contributed by atoms with E-state index in [1.54, 1.807) is 36.4 Å². The zero-order chi connectivity index (χ0) is 13.8. The molecule has 0 spiro atoms. The van der Waals surface area contributed by atoms with Crippen LogP contribution in [-0.2, 0) is 11.2 Å². The minimum atomic E-state index is -0.939. The summed E-state index contributed by atoms with van der Waals surface area (Å²) < 4.78 is 0. The van der Waals surface area contributed by atoms with Crippen molar-refractivity contribution in [1.82, 2.24) is 4.98 Å². The van der Waals surface area contributed by atoms with Gasteiger partial charge in [-0.15, -0.1) is 0 Å². The van der Waals surface area contributed by atoms with Crippen LogP contribution in [0.25, 0.3) is 0 Å². The summed E-state index contributed by atoms with van der Waals surface area (Å²) in [6.45, 7) is 0. The van der Waals surface area contributed by atoms with Gasteiger partial charge < -0.3 is 15.4 Å². The number of carbonyl (C=O) groups is 2. The molecule has 0 bridgehead atoms. The fourth-order valence-electron chi connectivity index (χ4n) is 1.61. The van der Waals surface area contributed by atoms with Gasteiger partial charge in [-0.05, 0) is 24.3 Å². The third-order valence-electron chi connectivity index (χ3n) is 2.45. The number of rotatable bonds is 4. The molecule has 0 saturated heterocycles. The van der Waals surface area contributed by atoms with E-state index in [-0.39, 0.29) is 12.3 Å². The molecule has 0 radical (unpaired) electrons. The van der Waals surface area contributed by atoms with E-state index in [1.807, 2.05) is 0 Å². The summed E-state index contributed by atoms with van der Waals surface area (Å²) in [5.74, 6) is -0.860. The zero-order valence-electron chi connectivity index (χ0n) is 9.81. The smallest absolute Gasteiger partial charge is 0.309 e. The maximum Gasteiger partial charge on any atom is 0.309 e. The Morgan fingerprint density at radius 3 is 2.63 bits per heavy atom. The first kappa shape index (κ1) is 13.2. The Kier molecular flexibility index (Phi) is 3.87. The molecule has 0 fully saturated rings. The number of amides is 1. The molecule has 98 valence electrons. The number of carbonyl (C=O) groups excluding carboxylic acids is 1. The lowest BCUT2D eigenvalue weighted by molar-refractivity contribution is -0.136. The van der Waals surface area contributed by atoms with Crippen LogP contribution in [0.1, 0.15) is 16.1 Å². The number of halogens is 1. The van der Waals surface area contributed by atoms with Gasteiger partial charge in [-0.2, -0.15) is 0 Å². The predicted molar refractivity (Wildman–Crippen MR) is 71.5 cm³/mol. The molecule has 0 aliphatic rings. The average Bonchev–Trinajstić information content (AvgIpc) is 2.76. The predicted octanol–water partition coefficient (Wildman–Crippen LogP) is 2.55.